The van der Waals surface area contributed by atoms with Gasteiger partial charge in [0.2, 0.25) is 0 Å². The number of benzene rings is 3. The number of ether oxygens (including phenoxy) is 1. The lowest BCUT2D eigenvalue weighted by molar-refractivity contribution is -0.385. The third-order valence-corrected chi connectivity index (χ3v) is 4.72. The van der Waals surface area contributed by atoms with E-state index in [2.05, 4.69) is 5.16 Å². The number of halogens is 2. The second-order valence-corrected chi connectivity index (χ2v) is 7.28. The van der Waals surface area contributed by atoms with Gasteiger partial charge < -0.3 is 9.57 Å². The van der Waals surface area contributed by atoms with Crippen molar-refractivity contribution in [2.45, 2.75) is 13.2 Å². The molecule has 0 amide bonds. The number of nitrogens with zero attached hydrogens (tertiary/aromatic N) is 3. The molecule has 32 heavy (non-hydrogen) atoms. The fraction of sp³-hybridized carbons (Fsp3) is 0.0952. The van der Waals surface area contributed by atoms with Crippen LogP contribution in [0, 0.1) is 20.2 Å². The van der Waals surface area contributed by atoms with Crippen molar-refractivity contribution < 1.29 is 19.4 Å². The largest absolute Gasteiger partial charge is 0.486 e. The molecule has 0 atom stereocenters. The third-order valence-electron chi connectivity index (χ3n) is 4.15. The average molecular weight is 476 g/mol. The topological polar surface area (TPSA) is 117 Å². The lowest BCUT2D eigenvalue weighted by atomic mass is 10.2. The Balaban J connectivity index is 1.61. The number of non-ortho nitro benzene ring substituents is 2. The number of oxime groups is 1. The highest BCUT2D eigenvalue weighted by molar-refractivity contribution is 6.37. The summed E-state index contributed by atoms with van der Waals surface area (Å²) >= 11 is 12.5. The smallest absolute Gasteiger partial charge is 0.269 e. The summed E-state index contributed by atoms with van der Waals surface area (Å²) in [5.41, 5.74) is 1.65. The van der Waals surface area contributed by atoms with Gasteiger partial charge in [-0.3, -0.25) is 20.2 Å². The van der Waals surface area contributed by atoms with E-state index in [9.17, 15) is 20.2 Å². The maximum atomic E-state index is 10.9. The summed E-state index contributed by atoms with van der Waals surface area (Å²) in [6, 6.07) is 15.2. The summed E-state index contributed by atoms with van der Waals surface area (Å²) in [5, 5.41) is 26.0. The zero-order valence-corrected chi connectivity index (χ0v) is 17.8. The Morgan fingerprint density at radius 3 is 1.91 bits per heavy atom. The first-order valence-electron chi connectivity index (χ1n) is 9.07. The van der Waals surface area contributed by atoms with Gasteiger partial charge in [0.15, 0.2) is 5.75 Å². The van der Waals surface area contributed by atoms with E-state index < -0.39 is 9.85 Å². The van der Waals surface area contributed by atoms with Crippen molar-refractivity contribution >= 4 is 40.8 Å². The molecule has 0 N–H and O–H groups in total. The lowest BCUT2D eigenvalue weighted by Crippen LogP contribution is -1.99. The van der Waals surface area contributed by atoms with E-state index >= 15 is 0 Å². The van der Waals surface area contributed by atoms with Gasteiger partial charge in [-0.15, -0.1) is 0 Å². The van der Waals surface area contributed by atoms with E-state index in [1.54, 1.807) is 36.4 Å². The Morgan fingerprint density at radius 2 is 1.38 bits per heavy atom. The molecule has 11 heteroatoms. The molecule has 9 nitrogen and oxygen atoms in total. The van der Waals surface area contributed by atoms with Gasteiger partial charge in [0, 0.05) is 24.3 Å². The maximum Gasteiger partial charge on any atom is 0.269 e. The van der Waals surface area contributed by atoms with Gasteiger partial charge in [0.05, 0.1) is 26.1 Å². The summed E-state index contributed by atoms with van der Waals surface area (Å²) in [7, 11) is 0. The first-order chi connectivity index (χ1) is 15.3. The number of nitro groups is 2. The second-order valence-electron chi connectivity index (χ2n) is 6.46. The number of nitro benzene ring substituents is 2. The van der Waals surface area contributed by atoms with E-state index in [0.29, 0.717) is 16.7 Å². The summed E-state index contributed by atoms with van der Waals surface area (Å²) in [6.45, 7) is 0.0882. The van der Waals surface area contributed by atoms with Crippen LogP contribution in [0.15, 0.2) is 65.8 Å². The van der Waals surface area contributed by atoms with Crippen LogP contribution in [-0.4, -0.2) is 16.1 Å². The van der Waals surface area contributed by atoms with Gasteiger partial charge in [-0.05, 0) is 28.8 Å². The van der Waals surface area contributed by atoms with Crippen molar-refractivity contribution in [2.75, 3.05) is 0 Å². The molecule has 0 aliphatic heterocycles. The fourth-order valence-electron chi connectivity index (χ4n) is 2.68. The Bertz CT molecular complexity index is 1160. The molecular weight excluding hydrogens is 461 g/mol. The van der Waals surface area contributed by atoms with Gasteiger partial charge in [-0.1, -0.05) is 52.6 Å². The van der Waals surface area contributed by atoms with Crippen molar-refractivity contribution in [3.63, 3.8) is 0 Å². The van der Waals surface area contributed by atoms with Gasteiger partial charge in [-0.25, -0.2) is 0 Å². The minimum atomic E-state index is -0.487. The van der Waals surface area contributed by atoms with E-state index in [1.807, 2.05) is 0 Å². The molecule has 0 spiro atoms. The molecular formula is C21H15Cl2N3O6. The van der Waals surface area contributed by atoms with Crippen LogP contribution in [0.4, 0.5) is 11.4 Å². The first-order valence-corrected chi connectivity index (χ1v) is 9.83. The molecule has 0 bridgehead atoms. The quantitative estimate of drug-likeness (QED) is 0.214. The Kier molecular flexibility index (Phi) is 7.58. The number of rotatable bonds is 9. The molecule has 164 valence electrons. The van der Waals surface area contributed by atoms with Gasteiger partial charge in [0.1, 0.15) is 13.2 Å². The predicted molar refractivity (Wildman–Crippen MR) is 119 cm³/mol. The summed E-state index contributed by atoms with van der Waals surface area (Å²) in [6.07, 6.45) is 1.39. The maximum absolute atomic E-state index is 10.9. The van der Waals surface area contributed by atoms with Crippen molar-refractivity contribution in [1.82, 2.24) is 0 Å². The number of hydrogen-bond donors (Lipinski definition) is 0. The molecule has 0 unspecified atom stereocenters. The molecule has 3 aromatic rings. The van der Waals surface area contributed by atoms with Gasteiger partial charge in [0.25, 0.3) is 11.4 Å². The standard InChI is InChI=1S/C21H15Cl2N3O6/c22-19-9-16(11-24-32-13-15-4-2-6-18(8-15)26(29)30)10-20(23)21(19)31-12-14-3-1-5-17(7-14)25(27)28/h1-11H,12-13H2/b24-11-. The first kappa shape index (κ1) is 23.0. The molecule has 3 aromatic carbocycles. The highest BCUT2D eigenvalue weighted by Gasteiger charge is 2.11. The van der Waals surface area contributed by atoms with Crippen molar-refractivity contribution in [3.05, 3.63) is 108 Å². The fourth-order valence-corrected chi connectivity index (χ4v) is 3.29. The summed E-state index contributed by atoms with van der Waals surface area (Å²) in [5.74, 6) is 0.231. The molecule has 0 saturated heterocycles. The van der Waals surface area contributed by atoms with E-state index in [4.69, 9.17) is 32.8 Å². The van der Waals surface area contributed by atoms with Crippen LogP contribution in [-0.2, 0) is 18.1 Å². The summed E-state index contributed by atoms with van der Waals surface area (Å²) < 4.78 is 5.64. The van der Waals surface area contributed by atoms with Crippen LogP contribution in [0.2, 0.25) is 10.0 Å². The van der Waals surface area contributed by atoms with Gasteiger partial charge >= 0.3 is 0 Å². The van der Waals surface area contributed by atoms with Crippen LogP contribution in [0.5, 0.6) is 5.75 Å². The van der Waals surface area contributed by atoms with E-state index in [1.165, 1.54) is 30.5 Å². The molecule has 0 heterocycles. The molecule has 0 aromatic heterocycles. The third kappa shape index (κ3) is 6.16. The molecule has 0 aliphatic carbocycles. The molecule has 0 fully saturated rings. The lowest BCUT2D eigenvalue weighted by Gasteiger charge is -2.11. The normalized spacial score (nSPS) is 10.8. The van der Waals surface area contributed by atoms with Crippen LogP contribution < -0.4 is 4.74 Å². The van der Waals surface area contributed by atoms with Crippen LogP contribution in [0.1, 0.15) is 16.7 Å². The second kappa shape index (κ2) is 10.6. The van der Waals surface area contributed by atoms with Gasteiger partial charge in [-0.2, -0.15) is 0 Å². The van der Waals surface area contributed by atoms with Crippen LogP contribution in [0.3, 0.4) is 0 Å². The van der Waals surface area contributed by atoms with E-state index in [-0.39, 0.29) is 40.4 Å². The van der Waals surface area contributed by atoms with E-state index in [0.717, 1.165) is 0 Å². The summed E-state index contributed by atoms with van der Waals surface area (Å²) in [4.78, 5) is 25.9. The Labute approximate surface area is 192 Å². The number of hydrogen-bond acceptors (Lipinski definition) is 7. The molecule has 0 radical (unpaired) electrons. The van der Waals surface area contributed by atoms with Crippen molar-refractivity contribution in [1.29, 1.82) is 0 Å². The molecule has 3 rings (SSSR count). The zero-order valence-electron chi connectivity index (χ0n) is 16.3. The monoisotopic (exact) mass is 475 g/mol. The van der Waals surface area contributed by atoms with Crippen LogP contribution in [0.25, 0.3) is 0 Å². The minimum absolute atomic E-state index is 0.0330. The highest BCUT2D eigenvalue weighted by atomic mass is 35.5. The Morgan fingerprint density at radius 1 is 0.844 bits per heavy atom. The zero-order chi connectivity index (χ0) is 23.1. The van der Waals surface area contributed by atoms with Crippen molar-refractivity contribution in [2.24, 2.45) is 5.16 Å². The highest BCUT2D eigenvalue weighted by Crippen LogP contribution is 2.34. The molecule has 0 aliphatic rings. The van der Waals surface area contributed by atoms with Crippen molar-refractivity contribution in [3.8, 4) is 5.75 Å². The molecule has 0 saturated carbocycles. The Hall–Kier alpha value is -3.69. The average Bonchev–Trinajstić information content (AvgIpc) is 2.76. The van der Waals surface area contributed by atoms with Crippen LogP contribution >= 0.6 is 23.2 Å². The predicted octanol–water partition coefficient (Wildman–Crippen LogP) is 5.94. The SMILES string of the molecule is O=[N+]([O-])c1cccc(CO/N=C\c2cc(Cl)c(OCc3cccc([N+](=O)[O-])c3)c(Cl)c2)c1. The minimum Gasteiger partial charge on any atom is -0.486 e.